The summed E-state index contributed by atoms with van der Waals surface area (Å²) in [6.07, 6.45) is -0.00409. The lowest BCUT2D eigenvalue weighted by atomic mass is 10.3. The molecule has 0 aliphatic rings. The largest absolute Gasteiger partial charge is 0.462 e. The molecule has 0 saturated heterocycles. The highest BCUT2D eigenvalue weighted by atomic mass is 32.1. The summed E-state index contributed by atoms with van der Waals surface area (Å²) in [6.45, 7) is 5.28. The third kappa shape index (κ3) is 5.76. The van der Waals surface area contributed by atoms with Crippen molar-refractivity contribution in [3.05, 3.63) is 37.2 Å². The van der Waals surface area contributed by atoms with Crippen LogP contribution in [-0.4, -0.2) is 35.6 Å². The van der Waals surface area contributed by atoms with E-state index in [2.05, 4.69) is 5.32 Å². The van der Waals surface area contributed by atoms with E-state index >= 15 is 0 Å². The number of carbonyl (C=O) groups excluding carboxylic acids is 3. The van der Waals surface area contributed by atoms with Crippen molar-refractivity contribution < 1.29 is 23.9 Å². The molecule has 0 unspecified atom stereocenters. The quantitative estimate of drug-likeness (QED) is 0.668. The Balaban J connectivity index is 1.80. The topological polar surface area (TPSA) is 104 Å². The molecule has 2 rings (SSSR count). The highest BCUT2D eigenvalue weighted by Crippen LogP contribution is 2.27. The minimum absolute atomic E-state index is 0.00409. The van der Waals surface area contributed by atoms with Gasteiger partial charge in [0.25, 0.3) is 5.91 Å². The molecule has 1 N–H and O–H groups in total. The van der Waals surface area contributed by atoms with Crippen LogP contribution in [0.2, 0.25) is 0 Å². The number of thiazole rings is 1. The first-order chi connectivity index (χ1) is 12.8. The van der Waals surface area contributed by atoms with E-state index < -0.39 is 24.5 Å². The van der Waals surface area contributed by atoms with E-state index in [4.69, 9.17) is 9.47 Å². The SMILES string of the molecule is CCOC(=O)c1sc(NC(=O)COC(=O)CCn2c(C)csc2=O)cc1C. The zero-order chi connectivity index (χ0) is 20.0. The van der Waals surface area contributed by atoms with E-state index in [0.29, 0.717) is 15.4 Å². The number of nitrogens with zero attached hydrogens (tertiary/aromatic N) is 1. The maximum atomic E-state index is 11.9. The Kier molecular flexibility index (Phi) is 7.31. The van der Waals surface area contributed by atoms with Crippen molar-refractivity contribution in [3.8, 4) is 0 Å². The van der Waals surface area contributed by atoms with Crippen molar-refractivity contribution in [2.75, 3.05) is 18.5 Å². The fourth-order valence-electron chi connectivity index (χ4n) is 2.21. The summed E-state index contributed by atoms with van der Waals surface area (Å²) in [6, 6.07) is 1.66. The van der Waals surface area contributed by atoms with Gasteiger partial charge in [-0.2, -0.15) is 0 Å². The van der Waals surface area contributed by atoms with Gasteiger partial charge in [-0.3, -0.25) is 14.4 Å². The molecular weight excluding hydrogens is 392 g/mol. The highest BCUT2D eigenvalue weighted by Gasteiger charge is 2.16. The second-order valence-corrected chi connectivity index (χ2v) is 7.47. The summed E-state index contributed by atoms with van der Waals surface area (Å²) in [5.41, 5.74) is 1.48. The smallest absolute Gasteiger partial charge is 0.348 e. The van der Waals surface area contributed by atoms with Crippen LogP contribution in [-0.2, 0) is 25.6 Å². The van der Waals surface area contributed by atoms with E-state index in [-0.39, 0.29) is 24.4 Å². The molecule has 2 aromatic rings. The van der Waals surface area contributed by atoms with Gasteiger partial charge < -0.3 is 19.4 Å². The molecule has 0 atom stereocenters. The summed E-state index contributed by atoms with van der Waals surface area (Å²) in [7, 11) is 0. The maximum absolute atomic E-state index is 11.9. The number of ether oxygens (including phenoxy) is 2. The van der Waals surface area contributed by atoms with Crippen LogP contribution in [0.5, 0.6) is 0 Å². The Bertz CT molecular complexity index is 896. The van der Waals surface area contributed by atoms with Gasteiger partial charge in [-0.15, -0.1) is 11.3 Å². The van der Waals surface area contributed by atoms with Gasteiger partial charge in [0, 0.05) is 17.6 Å². The summed E-state index contributed by atoms with van der Waals surface area (Å²) in [5.74, 6) is -1.52. The van der Waals surface area contributed by atoms with Crippen molar-refractivity contribution in [1.29, 1.82) is 0 Å². The Hall–Kier alpha value is -2.46. The van der Waals surface area contributed by atoms with E-state index in [1.54, 1.807) is 32.2 Å². The zero-order valence-corrected chi connectivity index (χ0v) is 16.8. The first-order valence-electron chi connectivity index (χ1n) is 8.19. The predicted octanol–water partition coefficient (Wildman–Crippen LogP) is 2.34. The number of nitrogens with one attached hydrogen (secondary N) is 1. The lowest BCUT2D eigenvalue weighted by Gasteiger charge is -2.06. The van der Waals surface area contributed by atoms with Crippen LogP contribution in [0.3, 0.4) is 0 Å². The number of aromatic nitrogens is 1. The molecule has 0 fully saturated rings. The number of thiophene rings is 1. The average Bonchev–Trinajstić information content (AvgIpc) is 3.13. The van der Waals surface area contributed by atoms with Crippen LogP contribution >= 0.6 is 22.7 Å². The Morgan fingerprint density at radius 1 is 1.22 bits per heavy atom. The number of aryl methyl sites for hydroxylation is 2. The third-order valence-electron chi connectivity index (χ3n) is 3.52. The standard InChI is InChI=1S/C17H20N2O6S2/c1-4-24-16(22)15-10(2)7-13(27-15)18-12(20)8-25-14(21)5-6-19-11(3)9-26-17(19)23/h7,9H,4-6,8H2,1-3H3,(H,18,20). The van der Waals surface area contributed by atoms with Crippen molar-refractivity contribution in [2.45, 2.75) is 33.7 Å². The molecule has 0 aliphatic heterocycles. The van der Waals surface area contributed by atoms with Crippen molar-refractivity contribution >= 4 is 45.5 Å². The molecule has 0 aliphatic carbocycles. The van der Waals surface area contributed by atoms with Gasteiger partial charge in [0.15, 0.2) is 6.61 Å². The van der Waals surface area contributed by atoms with Crippen molar-refractivity contribution in [3.63, 3.8) is 0 Å². The monoisotopic (exact) mass is 412 g/mol. The second kappa shape index (κ2) is 9.47. The van der Waals surface area contributed by atoms with Gasteiger partial charge in [-0.05, 0) is 32.4 Å². The van der Waals surface area contributed by atoms with Crippen LogP contribution in [0.25, 0.3) is 0 Å². The molecule has 8 nitrogen and oxygen atoms in total. The lowest BCUT2D eigenvalue weighted by Crippen LogP contribution is -2.22. The van der Waals surface area contributed by atoms with Gasteiger partial charge in [-0.25, -0.2) is 4.79 Å². The molecule has 10 heteroatoms. The molecular formula is C17H20N2O6S2. The normalized spacial score (nSPS) is 10.5. The predicted molar refractivity (Wildman–Crippen MR) is 103 cm³/mol. The minimum Gasteiger partial charge on any atom is -0.462 e. The third-order valence-corrected chi connectivity index (χ3v) is 5.54. The summed E-state index contributed by atoms with van der Waals surface area (Å²) >= 11 is 2.17. The first-order valence-corrected chi connectivity index (χ1v) is 9.89. The average molecular weight is 412 g/mol. The van der Waals surface area contributed by atoms with E-state index in [0.717, 1.165) is 28.4 Å². The summed E-state index contributed by atoms with van der Waals surface area (Å²) < 4.78 is 11.4. The van der Waals surface area contributed by atoms with Crippen LogP contribution in [0.15, 0.2) is 16.2 Å². The summed E-state index contributed by atoms with van der Waals surface area (Å²) in [4.78, 5) is 47.3. The minimum atomic E-state index is -0.572. The molecule has 1 amide bonds. The van der Waals surface area contributed by atoms with Crippen molar-refractivity contribution in [1.82, 2.24) is 4.57 Å². The van der Waals surface area contributed by atoms with Crippen LogP contribution < -0.4 is 10.2 Å². The first kappa shape index (κ1) is 20.8. The van der Waals surface area contributed by atoms with E-state index in [1.807, 2.05) is 0 Å². The number of hydrogen-bond donors (Lipinski definition) is 1. The van der Waals surface area contributed by atoms with Crippen LogP contribution in [0, 0.1) is 13.8 Å². The summed E-state index contributed by atoms with van der Waals surface area (Å²) in [5, 5.41) is 4.77. The zero-order valence-electron chi connectivity index (χ0n) is 15.2. The second-order valence-electron chi connectivity index (χ2n) is 5.60. The number of rotatable bonds is 8. The van der Waals surface area contributed by atoms with Gasteiger partial charge in [0.05, 0.1) is 18.0 Å². The Labute approximate surface area is 163 Å². The molecule has 27 heavy (non-hydrogen) atoms. The highest BCUT2D eigenvalue weighted by molar-refractivity contribution is 7.18. The molecule has 146 valence electrons. The lowest BCUT2D eigenvalue weighted by molar-refractivity contribution is -0.147. The number of carbonyl (C=O) groups is 3. The number of esters is 2. The van der Waals surface area contributed by atoms with Gasteiger partial charge in [0.1, 0.15) is 4.88 Å². The van der Waals surface area contributed by atoms with Gasteiger partial charge >= 0.3 is 16.8 Å². The van der Waals surface area contributed by atoms with Crippen LogP contribution in [0.1, 0.15) is 34.3 Å². The van der Waals surface area contributed by atoms with Crippen molar-refractivity contribution in [2.24, 2.45) is 0 Å². The van der Waals surface area contributed by atoms with Gasteiger partial charge in [0.2, 0.25) is 0 Å². The van der Waals surface area contributed by atoms with Crippen LogP contribution in [0.4, 0.5) is 5.00 Å². The number of amides is 1. The fourth-order valence-corrected chi connectivity index (χ4v) is 3.96. The fraction of sp³-hybridized carbons (Fsp3) is 0.412. The maximum Gasteiger partial charge on any atom is 0.348 e. The molecule has 2 aromatic heterocycles. The number of anilines is 1. The van der Waals surface area contributed by atoms with Gasteiger partial charge in [-0.1, -0.05) is 11.3 Å². The Morgan fingerprint density at radius 3 is 2.59 bits per heavy atom. The molecule has 0 bridgehead atoms. The molecule has 0 saturated carbocycles. The molecule has 0 aromatic carbocycles. The van der Waals surface area contributed by atoms with E-state index in [9.17, 15) is 19.2 Å². The molecule has 0 radical (unpaired) electrons. The van der Waals surface area contributed by atoms with E-state index in [1.165, 1.54) is 4.57 Å². The molecule has 2 heterocycles. The number of hydrogen-bond acceptors (Lipinski definition) is 8. The Morgan fingerprint density at radius 2 is 1.96 bits per heavy atom. The molecule has 0 spiro atoms.